The van der Waals surface area contributed by atoms with E-state index >= 15 is 0 Å². The lowest BCUT2D eigenvalue weighted by Crippen LogP contribution is -2.19. The molecule has 0 atom stereocenters. The summed E-state index contributed by atoms with van der Waals surface area (Å²) in [5, 5.41) is 3.86. The fraction of sp³-hybridized carbons (Fsp3) is 0.208. The number of hydrazone groups is 1. The van der Waals surface area contributed by atoms with Crippen LogP contribution in [0, 0.1) is 0 Å². The number of nitrogens with one attached hydrogen (secondary N) is 1. The second-order valence-electron chi connectivity index (χ2n) is 6.88. The van der Waals surface area contributed by atoms with E-state index in [1.165, 1.54) is 38.1 Å². The van der Waals surface area contributed by atoms with E-state index in [0.29, 0.717) is 12.4 Å². The molecule has 8 heteroatoms. The number of benzene rings is 3. The molecule has 0 heterocycles. The normalized spacial score (nSPS) is 11.3. The van der Waals surface area contributed by atoms with Gasteiger partial charge in [-0.25, -0.2) is 0 Å². The van der Waals surface area contributed by atoms with E-state index in [1.807, 2.05) is 30.3 Å². The first-order valence-corrected chi connectivity index (χ1v) is 11.5. The Kier molecular flexibility index (Phi) is 8.10. The third-order valence-corrected chi connectivity index (χ3v) is 5.89. The van der Waals surface area contributed by atoms with Gasteiger partial charge in [-0.3, -0.25) is 0 Å². The number of sulfonamides is 1. The average molecular weight is 455 g/mol. The Labute approximate surface area is 188 Å². The number of methoxy groups -OCH3 is 2. The number of ether oxygens (including phenoxy) is 3. The summed E-state index contributed by atoms with van der Waals surface area (Å²) in [6.45, 7) is 0.616. The van der Waals surface area contributed by atoms with Crippen LogP contribution in [0.25, 0.3) is 0 Å². The minimum atomic E-state index is -3.93. The summed E-state index contributed by atoms with van der Waals surface area (Å²) in [5.74, 6) is 1.34. The highest BCUT2D eigenvalue weighted by molar-refractivity contribution is 7.89. The van der Waals surface area contributed by atoms with E-state index in [4.69, 9.17) is 14.2 Å². The standard InChI is InChI=1S/C24H26N2O5S/c1-29-22-14-15-23(30-2)24(17-22)32(27,28)26-25-18-20-10-12-21(13-11-20)31-16-6-9-19-7-4-3-5-8-19/h3-5,7-8,10-15,17-18,26H,6,9,16H2,1-2H3/b25-18+. The lowest BCUT2D eigenvalue weighted by atomic mass is 10.1. The van der Waals surface area contributed by atoms with Crippen molar-refractivity contribution >= 4 is 16.2 Å². The van der Waals surface area contributed by atoms with Crippen molar-refractivity contribution in [2.45, 2.75) is 17.7 Å². The Bertz CT molecular complexity index is 1130. The van der Waals surface area contributed by atoms with Gasteiger partial charge in [0.2, 0.25) is 0 Å². The van der Waals surface area contributed by atoms with Crippen LogP contribution in [0.3, 0.4) is 0 Å². The van der Waals surface area contributed by atoms with Crippen molar-refractivity contribution in [2.75, 3.05) is 20.8 Å². The molecule has 3 rings (SSSR count). The van der Waals surface area contributed by atoms with Gasteiger partial charge in [0.25, 0.3) is 10.0 Å². The topological polar surface area (TPSA) is 86.2 Å². The number of rotatable bonds is 11. The van der Waals surface area contributed by atoms with Crippen molar-refractivity contribution < 1.29 is 22.6 Å². The van der Waals surface area contributed by atoms with Crippen molar-refractivity contribution in [2.24, 2.45) is 5.10 Å². The molecule has 0 aromatic heterocycles. The molecule has 0 bridgehead atoms. The van der Waals surface area contributed by atoms with Crippen LogP contribution in [-0.2, 0) is 16.4 Å². The number of nitrogens with zero attached hydrogens (tertiary/aromatic N) is 1. The van der Waals surface area contributed by atoms with Gasteiger partial charge in [-0.05, 0) is 60.4 Å². The molecule has 0 aliphatic rings. The van der Waals surface area contributed by atoms with Crippen molar-refractivity contribution in [3.05, 3.63) is 83.9 Å². The van der Waals surface area contributed by atoms with Crippen LogP contribution in [0.1, 0.15) is 17.5 Å². The van der Waals surface area contributed by atoms with Crippen LogP contribution in [0.2, 0.25) is 0 Å². The van der Waals surface area contributed by atoms with Gasteiger partial charge in [-0.15, -0.1) is 0 Å². The van der Waals surface area contributed by atoms with E-state index in [0.717, 1.165) is 24.2 Å². The predicted molar refractivity (Wildman–Crippen MR) is 124 cm³/mol. The van der Waals surface area contributed by atoms with E-state index < -0.39 is 10.0 Å². The quantitative estimate of drug-likeness (QED) is 0.269. The molecule has 168 valence electrons. The lowest BCUT2D eigenvalue weighted by molar-refractivity contribution is 0.311. The second-order valence-corrected chi connectivity index (χ2v) is 8.51. The zero-order chi connectivity index (χ0) is 22.8. The molecule has 7 nitrogen and oxygen atoms in total. The van der Waals surface area contributed by atoms with E-state index in [9.17, 15) is 8.42 Å². The third kappa shape index (κ3) is 6.49. The van der Waals surface area contributed by atoms with Gasteiger partial charge in [0, 0.05) is 6.07 Å². The Balaban J connectivity index is 1.53. The molecule has 0 saturated carbocycles. The molecule has 0 fully saturated rings. The van der Waals surface area contributed by atoms with Crippen LogP contribution >= 0.6 is 0 Å². The predicted octanol–water partition coefficient (Wildman–Crippen LogP) is 4.03. The molecule has 0 spiro atoms. The fourth-order valence-electron chi connectivity index (χ4n) is 2.97. The molecule has 0 aliphatic carbocycles. The summed E-state index contributed by atoms with van der Waals surface area (Å²) in [4.78, 5) is 2.14. The van der Waals surface area contributed by atoms with Gasteiger partial charge in [0.15, 0.2) is 0 Å². The average Bonchev–Trinajstić information content (AvgIpc) is 2.83. The molecule has 3 aromatic carbocycles. The molecular weight excluding hydrogens is 428 g/mol. The maximum absolute atomic E-state index is 12.6. The molecule has 0 saturated heterocycles. The monoisotopic (exact) mass is 454 g/mol. The van der Waals surface area contributed by atoms with Crippen LogP contribution in [0.4, 0.5) is 0 Å². The highest BCUT2D eigenvalue weighted by Crippen LogP contribution is 2.27. The second kappa shape index (κ2) is 11.2. The molecule has 0 amide bonds. The summed E-state index contributed by atoms with van der Waals surface area (Å²) in [5.41, 5.74) is 2.01. The Morgan fingerprint density at radius 2 is 1.62 bits per heavy atom. The maximum atomic E-state index is 12.6. The molecule has 32 heavy (non-hydrogen) atoms. The fourth-order valence-corrected chi connectivity index (χ4v) is 3.95. The van der Waals surface area contributed by atoms with Gasteiger partial charge in [0.1, 0.15) is 22.1 Å². The first-order valence-electron chi connectivity index (χ1n) is 10.1. The minimum Gasteiger partial charge on any atom is -0.497 e. The van der Waals surface area contributed by atoms with Gasteiger partial charge < -0.3 is 14.2 Å². The first-order chi connectivity index (χ1) is 15.5. The van der Waals surface area contributed by atoms with Crippen molar-refractivity contribution in [1.29, 1.82) is 0 Å². The molecule has 0 aliphatic heterocycles. The highest BCUT2D eigenvalue weighted by Gasteiger charge is 2.19. The molecular formula is C24H26N2O5S. The number of aryl methyl sites for hydroxylation is 1. The first kappa shape index (κ1) is 23.1. The van der Waals surface area contributed by atoms with Gasteiger partial charge in [0.05, 0.1) is 27.0 Å². The van der Waals surface area contributed by atoms with Crippen LogP contribution < -0.4 is 19.0 Å². The zero-order valence-electron chi connectivity index (χ0n) is 18.0. The summed E-state index contributed by atoms with van der Waals surface area (Å²) in [6.07, 6.45) is 3.30. The van der Waals surface area contributed by atoms with E-state index in [-0.39, 0.29) is 10.6 Å². The van der Waals surface area contributed by atoms with Gasteiger partial charge in [-0.1, -0.05) is 30.3 Å². The van der Waals surface area contributed by atoms with E-state index in [1.54, 1.807) is 18.2 Å². The van der Waals surface area contributed by atoms with Crippen molar-refractivity contribution in [3.63, 3.8) is 0 Å². The summed E-state index contributed by atoms with van der Waals surface area (Å²) >= 11 is 0. The number of hydrogen-bond acceptors (Lipinski definition) is 6. The van der Waals surface area contributed by atoms with Crippen molar-refractivity contribution in [1.82, 2.24) is 4.83 Å². The summed E-state index contributed by atoms with van der Waals surface area (Å²) < 4.78 is 41.2. The van der Waals surface area contributed by atoms with Gasteiger partial charge in [-0.2, -0.15) is 18.4 Å². The highest BCUT2D eigenvalue weighted by atomic mass is 32.2. The summed E-state index contributed by atoms with van der Waals surface area (Å²) in [7, 11) is -1.07. The Hall–Kier alpha value is -3.52. The Morgan fingerprint density at radius 1 is 0.906 bits per heavy atom. The molecule has 0 radical (unpaired) electrons. The van der Waals surface area contributed by atoms with Crippen molar-refractivity contribution in [3.8, 4) is 17.2 Å². The molecule has 1 N–H and O–H groups in total. The van der Waals surface area contributed by atoms with Crippen LogP contribution in [0.15, 0.2) is 82.8 Å². The third-order valence-electron chi connectivity index (χ3n) is 4.65. The lowest BCUT2D eigenvalue weighted by Gasteiger charge is -2.10. The van der Waals surface area contributed by atoms with Gasteiger partial charge >= 0.3 is 0 Å². The Morgan fingerprint density at radius 3 is 2.31 bits per heavy atom. The molecule has 3 aromatic rings. The minimum absolute atomic E-state index is 0.0595. The van der Waals surface area contributed by atoms with E-state index in [2.05, 4.69) is 22.1 Å². The largest absolute Gasteiger partial charge is 0.497 e. The summed E-state index contributed by atoms with van der Waals surface area (Å²) in [6, 6.07) is 22.0. The number of hydrogen-bond donors (Lipinski definition) is 1. The smallest absolute Gasteiger partial charge is 0.280 e. The zero-order valence-corrected chi connectivity index (χ0v) is 18.8. The molecule has 0 unspecified atom stereocenters. The maximum Gasteiger partial charge on any atom is 0.280 e. The van der Waals surface area contributed by atoms with Crippen LogP contribution in [-0.4, -0.2) is 35.5 Å². The van der Waals surface area contributed by atoms with Crippen LogP contribution in [0.5, 0.6) is 17.2 Å². The SMILES string of the molecule is COc1ccc(OC)c(S(=O)(=O)N/N=C/c2ccc(OCCCc3ccccc3)cc2)c1.